The Hall–Kier alpha value is -4.08. The van der Waals surface area contributed by atoms with Gasteiger partial charge in [-0.3, -0.25) is 10.1 Å². The monoisotopic (exact) mass is 380 g/mol. The van der Waals surface area contributed by atoms with E-state index in [0.717, 1.165) is 5.56 Å². The molecule has 10 nitrogen and oxygen atoms in total. The number of ether oxygens (including phenoxy) is 1. The van der Waals surface area contributed by atoms with Crippen LogP contribution in [-0.2, 0) is 4.74 Å². The molecule has 0 aliphatic heterocycles. The van der Waals surface area contributed by atoms with E-state index in [9.17, 15) is 14.9 Å². The molecule has 1 aromatic carbocycles. The van der Waals surface area contributed by atoms with Crippen LogP contribution in [0.1, 0.15) is 15.9 Å². The maximum absolute atomic E-state index is 11.6. The van der Waals surface area contributed by atoms with Crippen LogP contribution >= 0.6 is 0 Å². The summed E-state index contributed by atoms with van der Waals surface area (Å²) < 4.78 is 4.64. The molecular formula is C18H16N6O4. The highest BCUT2D eigenvalue weighted by Crippen LogP contribution is 2.32. The van der Waals surface area contributed by atoms with Gasteiger partial charge in [0.05, 0.1) is 17.6 Å². The predicted molar refractivity (Wildman–Crippen MR) is 102 cm³/mol. The Morgan fingerprint density at radius 3 is 2.29 bits per heavy atom. The number of benzene rings is 1. The number of hydrogen-bond donors (Lipinski definition) is 2. The molecule has 0 bridgehead atoms. The number of carbonyl (C=O) groups excluding carboxylic acids is 1. The van der Waals surface area contributed by atoms with Gasteiger partial charge in [0.1, 0.15) is 12.1 Å². The number of nitrogens with zero attached hydrogens (tertiary/aromatic N) is 4. The molecule has 2 heterocycles. The van der Waals surface area contributed by atoms with Crippen molar-refractivity contribution in [3.63, 3.8) is 0 Å². The van der Waals surface area contributed by atoms with Crippen LogP contribution in [0.3, 0.4) is 0 Å². The summed E-state index contributed by atoms with van der Waals surface area (Å²) in [7, 11) is 1.29. The molecule has 3 rings (SSSR count). The summed E-state index contributed by atoms with van der Waals surface area (Å²) >= 11 is 0. The summed E-state index contributed by atoms with van der Waals surface area (Å²) in [6.45, 7) is 1.89. The minimum atomic E-state index is -0.582. The van der Waals surface area contributed by atoms with E-state index < -0.39 is 10.9 Å². The van der Waals surface area contributed by atoms with Crippen LogP contribution in [-0.4, -0.2) is 33.0 Å². The Kier molecular flexibility index (Phi) is 5.40. The van der Waals surface area contributed by atoms with Gasteiger partial charge in [0.25, 0.3) is 0 Å². The van der Waals surface area contributed by atoms with Crippen molar-refractivity contribution in [3.05, 3.63) is 70.2 Å². The van der Waals surface area contributed by atoms with E-state index in [1.165, 1.54) is 25.6 Å². The highest BCUT2D eigenvalue weighted by Gasteiger charge is 2.23. The highest BCUT2D eigenvalue weighted by molar-refractivity contribution is 5.90. The Balaban J connectivity index is 1.89. The number of aryl methyl sites for hydroxylation is 1. The zero-order valence-electron chi connectivity index (χ0n) is 15.0. The van der Waals surface area contributed by atoms with Gasteiger partial charge in [0.2, 0.25) is 11.6 Å². The first-order valence-corrected chi connectivity index (χ1v) is 8.12. The van der Waals surface area contributed by atoms with Crippen molar-refractivity contribution in [1.29, 1.82) is 0 Å². The minimum Gasteiger partial charge on any atom is -0.465 e. The van der Waals surface area contributed by atoms with Gasteiger partial charge in [-0.05, 0) is 42.8 Å². The molecule has 0 saturated carbocycles. The SMILES string of the molecule is COC(=O)c1ccc(Nc2ncnc(Nc3ccc(C)cn3)c2[N+](=O)[O-])cc1. The fourth-order valence-electron chi connectivity index (χ4n) is 2.34. The van der Waals surface area contributed by atoms with E-state index in [1.54, 1.807) is 24.4 Å². The molecule has 142 valence electrons. The van der Waals surface area contributed by atoms with Crippen molar-refractivity contribution in [1.82, 2.24) is 15.0 Å². The van der Waals surface area contributed by atoms with Crippen molar-refractivity contribution >= 4 is 34.8 Å². The average Bonchev–Trinajstić information content (AvgIpc) is 2.69. The van der Waals surface area contributed by atoms with Crippen LogP contribution in [0.25, 0.3) is 0 Å². The second-order valence-electron chi connectivity index (χ2n) is 5.72. The number of esters is 1. The fourth-order valence-corrected chi connectivity index (χ4v) is 2.34. The average molecular weight is 380 g/mol. The molecule has 2 N–H and O–H groups in total. The molecule has 0 amide bonds. The standard InChI is InChI=1S/C18H16N6O4/c1-11-3-8-14(19-9-11)23-17-15(24(26)27)16(20-10-21-17)22-13-6-4-12(5-7-13)18(25)28-2/h3-10H,1-2H3,(H2,19,20,21,22,23). The van der Waals surface area contributed by atoms with E-state index in [0.29, 0.717) is 17.1 Å². The number of carbonyl (C=O) groups is 1. The number of pyridine rings is 1. The molecular weight excluding hydrogens is 364 g/mol. The van der Waals surface area contributed by atoms with E-state index in [1.807, 2.05) is 13.0 Å². The van der Waals surface area contributed by atoms with Crippen LogP contribution in [0.5, 0.6) is 0 Å². The van der Waals surface area contributed by atoms with Gasteiger partial charge < -0.3 is 15.4 Å². The Labute approximate surface area is 159 Å². The molecule has 0 saturated heterocycles. The first-order chi connectivity index (χ1) is 13.5. The number of nitrogens with one attached hydrogen (secondary N) is 2. The van der Waals surface area contributed by atoms with Crippen molar-refractivity contribution in [2.75, 3.05) is 17.7 Å². The van der Waals surface area contributed by atoms with Crippen molar-refractivity contribution in [3.8, 4) is 0 Å². The molecule has 0 atom stereocenters. The summed E-state index contributed by atoms with van der Waals surface area (Å²) in [5.41, 5.74) is 1.49. The highest BCUT2D eigenvalue weighted by atomic mass is 16.6. The summed E-state index contributed by atoms with van der Waals surface area (Å²) in [5, 5.41) is 17.3. The van der Waals surface area contributed by atoms with Gasteiger partial charge in [-0.2, -0.15) is 0 Å². The van der Waals surface area contributed by atoms with Crippen LogP contribution in [0, 0.1) is 17.0 Å². The van der Waals surface area contributed by atoms with Gasteiger partial charge >= 0.3 is 11.7 Å². The normalized spacial score (nSPS) is 10.2. The molecule has 0 radical (unpaired) electrons. The molecule has 28 heavy (non-hydrogen) atoms. The van der Waals surface area contributed by atoms with Crippen molar-refractivity contribution < 1.29 is 14.5 Å². The molecule has 0 aliphatic rings. The minimum absolute atomic E-state index is 0.000398. The first kappa shape index (κ1) is 18.7. The number of aromatic nitrogens is 3. The zero-order valence-corrected chi connectivity index (χ0v) is 15.0. The predicted octanol–water partition coefficient (Wildman–Crippen LogP) is 3.36. The third-order valence-electron chi connectivity index (χ3n) is 3.73. The number of rotatable bonds is 6. The lowest BCUT2D eigenvalue weighted by atomic mass is 10.2. The molecule has 0 aliphatic carbocycles. The maximum Gasteiger partial charge on any atom is 0.353 e. The molecule has 10 heteroatoms. The summed E-state index contributed by atoms with van der Waals surface area (Å²) in [5.74, 6) is -0.0529. The Bertz CT molecular complexity index is 1010. The second-order valence-corrected chi connectivity index (χ2v) is 5.72. The third kappa shape index (κ3) is 4.18. The van der Waals surface area contributed by atoms with Crippen molar-refractivity contribution in [2.45, 2.75) is 6.92 Å². The third-order valence-corrected chi connectivity index (χ3v) is 3.73. The first-order valence-electron chi connectivity index (χ1n) is 8.12. The quantitative estimate of drug-likeness (QED) is 0.375. The fraction of sp³-hybridized carbons (Fsp3) is 0.111. The van der Waals surface area contributed by atoms with E-state index in [2.05, 4.69) is 30.3 Å². The molecule has 3 aromatic rings. The molecule has 0 fully saturated rings. The van der Waals surface area contributed by atoms with Gasteiger partial charge in [-0.15, -0.1) is 0 Å². The lowest BCUT2D eigenvalue weighted by molar-refractivity contribution is -0.383. The van der Waals surface area contributed by atoms with Gasteiger partial charge in [-0.25, -0.2) is 19.7 Å². The van der Waals surface area contributed by atoms with Crippen molar-refractivity contribution in [2.24, 2.45) is 0 Å². The molecule has 0 unspecified atom stereocenters. The van der Waals surface area contributed by atoms with Crippen LogP contribution in [0.4, 0.5) is 28.8 Å². The van der Waals surface area contributed by atoms with E-state index in [-0.39, 0.29) is 17.3 Å². The maximum atomic E-state index is 11.6. The topological polar surface area (TPSA) is 132 Å². The van der Waals surface area contributed by atoms with Gasteiger partial charge in [0, 0.05) is 11.9 Å². The van der Waals surface area contributed by atoms with E-state index in [4.69, 9.17) is 0 Å². The van der Waals surface area contributed by atoms with Crippen LogP contribution in [0.15, 0.2) is 48.9 Å². The molecule has 0 spiro atoms. The van der Waals surface area contributed by atoms with E-state index >= 15 is 0 Å². The largest absolute Gasteiger partial charge is 0.465 e. The van der Waals surface area contributed by atoms with Gasteiger partial charge in [-0.1, -0.05) is 6.07 Å². The summed E-state index contributed by atoms with van der Waals surface area (Å²) in [4.78, 5) is 34.6. The number of anilines is 4. The number of methoxy groups -OCH3 is 1. The Morgan fingerprint density at radius 1 is 1.04 bits per heavy atom. The lowest BCUT2D eigenvalue weighted by Crippen LogP contribution is -2.06. The Morgan fingerprint density at radius 2 is 1.71 bits per heavy atom. The number of hydrogen-bond acceptors (Lipinski definition) is 9. The van der Waals surface area contributed by atoms with Gasteiger partial charge in [0.15, 0.2) is 0 Å². The summed E-state index contributed by atoms with van der Waals surface area (Å²) in [6, 6.07) is 9.77. The summed E-state index contributed by atoms with van der Waals surface area (Å²) in [6.07, 6.45) is 2.84. The van der Waals surface area contributed by atoms with Crippen LogP contribution in [0.2, 0.25) is 0 Å². The smallest absolute Gasteiger partial charge is 0.353 e. The zero-order chi connectivity index (χ0) is 20.1. The molecule has 2 aromatic heterocycles. The van der Waals surface area contributed by atoms with Crippen LogP contribution < -0.4 is 10.6 Å². The lowest BCUT2D eigenvalue weighted by Gasteiger charge is -2.10. The second kappa shape index (κ2) is 8.08. The number of nitro groups is 1.